The van der Waals surface area contributed by atoms with Crippen LogP contribution in [0.3, 0.4) is 0 Å². The van der Waals surface area contributed by atoms with E-state index in [1.807, 2.05) is 0 Å². The third kappa shape index (κ3) is 2.30. The van der Waals surface area contributed by atoms with Crippen molar-refractivity contribution < 1.29 is 14.4 Å². The molecular formula is C11H14N4O3. The second-order valence-electron chi connectivity index (χ2n) is 4.02. The normalized spacial score (nSPS) is 15.1. The highest BCUT2D eigenvalue weighted by atomic mass is 16.7. The smallest absolute Gasteiger partial charge is 0.274 e. The van der Waals surface area contributed by atoms with Crippen molar-refractivity contribution in [3.8, 4) is 0 Å². The van der Waals surface area contributed by atoms with E-state index < -0.39 is 0 Å². The Morgan fingerprint density at radius 3 is 2.72 bits per heavy atom. The molecule has 1 aliphatic heterocycles. The Morgan fingerprint density at radius 1 is 1.44 bits per heavy atom. The van der Waals surface area contributed by atoms with Crippen LogP contribution >= 0.6 is 0 Å². The molecule has 1 saturated heterocycles. The minimum Gasteiger partial charge on any atom is -0.336 e. The maximum Gasteiger partial charge on any atom is 0.274 e. The van der Waals surface area contributed by atoms with Gasteiger partial charge < -0.3 is 4.90 Å². The van der Waals surface area contributed by atoms with Crippen molar-refractivity contribution in [1.29, 1.82) is 0 Å². The van der Waals surface area contributed by atoms with E-state index in [0.29, 0.717) is 18.8 Å². The molecule has 0 saturated carbocycles. The Balaban J connectivity index is 1.90. The van der Waals surface area contributed by atoms with E-state index >= 15 is 0 Å². The number of likely N-dealkylation sites (tertiary alicyclic amines) is 1. The zero-order valence-corrected chi connectivity index (χ0v) is 10.2. The van der Waals surface area contributed by atoms with Gasteiger partial charge in [0, 0.05) is 32.5 Å². The van der Waals surface area contributed by atoms with E-state index in [4.69, 9.17) is 4.84 Å². The molecule has 7 heteroatoms. The van der Waals surface area contributed by atoms with Gasteiger partial charge in [0.05, 0.1) is 19.2 Å². The number of carbonyl (C=O) groups excluding carboxylic acids is 2. The molecule has 0 N–H and O–H groups in total. The van der Waals surface area contributed by atoms with E-state index in [9.17, 15) is 9.59 Å². The first kappa shape index (κ1) is 12.4. The summed E-state index contributed by atoms with van der Waals surface area (Å²) in [6.07, 6.45) is 4.39. The number of rotatable bonds is 3. The van der Waals surface area contributed by atoms with Crippen molar-refractivity contribution in [3.05, 3.63) is 24.3 Å². The van der Waals surface area contributed by atoms with Crippen LogP contribution in [0.1, 0.15) is 10.5 Å². The molecule has 0 spiro atoms. The lowest BCUT2D eigenvalue weighted by Gasteiger charge is -2.38. The van der Waals surface area contributed by atoms with Crippen molar-refractivity contribution >= 4 is 11.8 Å². The Hall–Kier alpha value is -2.02. The van der Waals surface area contributed by atoms with Gasteiger partial charge in [0.25, 0.3) is 11.8 Å². The highest BCUT2D eigenvalue weighted by molar-refractivity contribution is 5.94. The molecule has 7 nitrogen and oxygen atoms in total. The maximum atomic E-state index is 11.9. The third-order valence-corrected chi connectivity index (χ3v) is 2.88. The molecule has 1 aromatic rings. The lowest BCUT2D eigenvalue weighted by atomic mass is 9.99. The Morgan fingerprint density at radius 2 is 2.17 bits per heavy atom. The molecule has 1 aliphatic rings. The lowest BCUT2D eigenvalue weighted by Crippen LogP contribution is -2.55. The second-order valence-corrected chi connectivity index (χ2v) is 4.02. The van der Waals surface area contributed by atoms with Crippen LogP contribution in [-0.2, 0) is 9.63 Å². The molecular weight excluding hydrogens is 236 g/mol. The van der Waals surface area contributed by atoms with Crippen LogP contribution in [0.4, 0.5) is 0 Å². The highest BCUT2D eigenvalue weighted by Crippen LogP contribution is 2.19. The molecule has 2 heterocycles. The summed E-state index contributed by atoms with van der Waals surface area (Å²) in [6.45, 7) is 0.782. The molecule has 0 radical (unpaired) electrons. The van der Waals surface area contributed by atoms with Crippen molar-refractivity contribution in [3.63, 3.8) is 0 Å². The standard InChI is InChI=1S/C11H14N4O3/c1-14(18-2)10(16)8-6-15(7-8)11(17)9-5-12-3-4-13-9/h3-5,8H,6-7H2,1-2H3. The van der Waals surface area contributed by atoms with Crippen LogP contribution in [0.2, 0.25) is 0 Å². The van der Waals surface area contributed by atoms with Crippen LogP contribution in [0.25, 0.3) is 0 Å². The first-order chi connectivity index (χ1) is 8.63. The zero-order valence-electron chi connectivity index (χ0n) is 10.2. The van der Waals surface area contributed by atoms with Gasteiger partial charge in [-0.1, -0.05) is 0 Å². The van der Waals surface area contributed by atoms with Gasteiger partial charge in [0.2, 0.25) is 0 Å². The molecule has 2 amide bonds. The lowest BCUT2D eigenvalue weighted by molar-refractivity contribution is -0.177. The van der Waals surface area contributed by atoms with Gasteiger partial charge in [-0.05, 0) is 0 Å². The Kier molecular flexibility index (Phi) is 3.52. The monoisotopic (exact) mass is 250 g/mol. The number of nitrogens with zero attached hydrogens (tertiary/aromatic N) is 4. The van der Waals surface area contributed by atoms with E-state index in [2.05, 4.69) is 9.97 Å². The van der Waals surface area contributed by atoms with Gasteiger partial charge in [0.15, 0.2) is 0 Å². The number of aromatic nitrogens is 2. The summed E-state index contributed by atoms with van der Waals surface area (Å²) in [7, 11) is 2.98. The molecule has 1 aromatic heterocycles. The summed E-state index contributed by atoms with van der Waals surface area (Å²) in [4.78, 5) is 37.7. The molecule has 96 valence electrons. The summed E-state index contributed by atoms with van der Waals surface area (Å²) in [6, 6.07) is 0. The summed E-state index contributed by atoms with van der Waals surface area (Å²) < 4.78 is 0. The Labute approximate surface area is 104 Å². The van der Waals surface area contributed by atoms with Crippen LogP contribution in [0.5, 0.6) is 0 Å². The number of carbonyl (C=O) groups is 2. The minimum atomic E-state index is -0.202. The molecule has 0 atom stereocenters. The first-order valence-corrected chi connectivity index (χ1v) is 5.50. The van der Waals surface area contributed by atoms with Gasteiger partial charge >= 0.3 is 0 Å². The van der Waals surface area contributed by atoms with Crippen LogP contribution in [0, 0.1) is 5.92 Å². The van der Waals surface area contributed by atoms with Crippen LogP contribution in [-0.4, -0.2) is 59.0 Å². The SMILES string of the molecule is CON(C)C(=O)C1CN(C(=O)c2cnccn2)C1. The largest absolute Gasteiger partial charge is 0.336 e. The summed E-state index contributed by atoms with van der Waals surface area (Å²) in [5, 5.41) is 1.18. The highest BCUT2D eigenvalue weighted by Gasteiger charge is 2.38. The molecule has 0 aromatic carbocycles. The van der Waals surface area contributed by atoms with Gasteiger partial charge in [-0.2, -0.15) is 0 Å². The molecule has 18 heavy (non-hydrogen) atoms. The maximum absolute atomic E-state index is 11.9. The van der Waals surface area contributed by atoms with Gasteiger partial charge in [-0.3, -0.25) is 19.4 Å². The summed E-state index contributed by atoms with van der Waals surface area (Å²) in [5.41, 5.74) is 0.295. The van der Waals surface area contributed by atoms with E-state index in [0.717, 1.165) is 0 Å². The fourth-order valence-corrected chi connectivity index (χ4v) is 1.72. The molecule has 1 fully saturated rings. The fourth-order valence-electron chi connectivity index (χ4n) is 1.72. The number of hydroxylamine groups is 2. The molecule has 0 bridgehead atoms. The van der Waals surface area contributed by atoms with Gasteiger partial charge in [-0.25, -0.2) is 10.0 Å². The predicted octanol–water partition coefficient (Wildman–Crippen LogP) is -0.432. The van der Waals surface area contributed by atoms with Crippen molar-refractivity contribution in [2.45, 2.75) is 0 Å². The third-order valence-electron chi connectivity index (χ3n) is 2.88. The quantitative estimate of drug-likeness (QED) is 0.680. The Bertz CT molecular complexity index is 445. The number of hydrogen-bond donors (Lipinski definition) is 0. The van der Waals surface area contributed by atoms with Crippen molar-refractivity contribution in [1.82, 2.24) is 19.9 Å². The van der Waals surface area contributed by atoms with Crippen LogP contribution in [0.15, 0.2) is 18.6 Å². The first-order valence-electron chi connectivity index (χ1n) is 5.50. The zero-order chi connectivity index (χ0) is 13.1. The fraction of sp³-hybridized carbons (Fsp3) is 0.455. The van der Waals surface area contributed by atoms with Crippen LogP contribution < -0.4 is 0 Å². The average molecular weight is 250 g/mol. The molecule has 2 rings (SSSR count). The van der Waals surface area contributed by atoms with E-state index in [1.54, 1.807) is 11.9 Å². The van der Waals surface area contributed by atoms with E-state index in [1.165, 1.54) is 30.8 Å². The topological polar surface area (TPSA) is 75.6 Å². The van der Waals surface area contributed by atoms with E-state index in [-0.39, 0.29) is 17.7 Å². The molecule has 0 aliphatic carbocycles. The number of amides is 2. The summed E-state index contributed by atoms with van der Waals surface area (Å²) >= 11 is 0. The minimum absolute atomic E-state index is 0.124. The average Bonchev–Trinajstić information content (AvgIpc) is 2.36. The number of hydrogen-bond acceptors (Lipinski definition) is 5. The van der Waals surface area contributed by atoms with Crippen molar-refractivity contribution in [2.24, 2.45) is 5.92 Å². The second kappa shape index (κ2) is 5.09. The van der Waals surface area contributed by atoms with Gasteiger partial charge in [-0.15, -0.1) is 0 Å². The molecule has 0 unspecified atom stereocenters. The predicted molar refractivity (Wildman–Crippen MR) is 61.2 cm³/mol. The van der Waals surface area contributed by atoms with Gasteiger partial charge in [0.1, 0.15) is 5.69 Å². The van der Waals surface area contributed by atoms with Crippen molar-refractivity contribution in [2.75, 3.05) is 27.2 Å². The summed E-state index contributed by atoms with van der Waals surface area (Å²) in [5.74, 6) is -0.525.